The SMILES string of the molecule is C=CC(=O)Nc1ccc(C(=O)NC2CC(=O)N(c3ccccc3)C2)cc1. The minimum Gasteiger partial charge on any atom is -0.347 e. The summed E-state index contributed by atoms with van der Waals surface area (Å²) < 4.78 is 0. The Morgan fingerprint density at radius 3 is 2.42 bits per heavy atom. The molecule has 1 unspecified atom stereocenters. The van der Waals surface area contributed by atoms with Crippen molar-refractivity contribution < 1.29 is 14.4 Å². The van der Waals surface area contributed by atoms with Crippen molar-refractivity contribution in [2.24, 2.45) is 0 Å². The summed E-state index contributed by atoms with van der Waals surface area (Å²) in [7, 11) is 0. The van der Waals surface area contributed by atoms with Gasteiger partial charge in [-0.15, -0.1) is 0 Å². The predicted octanol–water partition coefficient (Wildman–Crippen LogP) is 2.35. The number of anilines is 2. The van der Waals surface area contributed by atoms with Gasteiger partial charge in [0.15, 0.2) is 0 Å². The fourth-order valence-electron chi connectivity index (χ4n) is 2.83. The second kappa shape index (κ2) is 7.65. The molecule has 0 aliphatic carbocycles. The van der Waals surface area contributed by atoms with Gasteiger partial charge in [0.25, 0.3) is 5.91 Å². The lowest BCUT2D eigenvalue weighted by Crippen LogP contribution is -2.37. The Morgan fingerprint density at radius 1 is 1.08 bits per heavy atom. The molecule has 2 aromatic carbocycles. The van der Waals surface area contributed by atoms with Crippen LogP contribution in [0.1, 0.15) is 16.8 Å². The van der Waals surface area contributed by atoms with E-state index in [-0.39, 0.29) is 30.2 Å². The molecule has 1 atom stereocenters. The molecule has 0 spiro atoms. The second-order valence-corrected chi connectivity index (χ2v) is 5.99. The predicted molar refractivity (Wildman–Crippen MR) is 99.9 cm³/mol. The molecule has 0 bridgehead atoms. The Bertz CT molecular complexity index is 831. The molecular formula is C20H19N3O3. The van der Waals surface area contributed by atoms with Gasteiger partial charge in [0.2, 0.25) is 11.8 Å². The monoisotopic (exact) mass is 349 g/mol. The van der Waals surface area contributed by atoms with Crippen LogP contribution in [0.3, 0.4) is 0 Å². The van der Waals surface area contributed by atoms with Crippen LogP contribution < -0.4 is 15.5 Å². The molecular weight excluding hydrogens is 330 g/mol. The van der Waals surface area contributed by atoms with Crippen LogP contribution in [0.25, 0.3) is 0 Å². The zero-order chi connectivity index (χ0) is 18.5. The highest BCUT2D eigenvalue weighted by molar-refractivity contribution is 6.00. The number of nitrogens with zero attached hydrogens (tertiary/aromatic N) is 1. The molecule has 0 radical (unpaired) electrons. The number of rotatable bonds is 5. The highest BCUT2D eigenvalue weighted by atomic mass is 16.2. The molecule has 6 nitrogen and oxygen atoms in total. The zero-order valence-electron chi connectivity index (χ0n) is 14.1. The number of nitrogens with one attached hydrogen (secondary N) is 2. The van der Waals surface area contributed by atoms with Gasteiger partial charge in [-0.05, 0) is 42.5 Å². The van der Waals surface area contributed by atoms with E-state index in [9.17, 15) is 14.4 Å². The first-order valence-corrected chi connectivity index (χ1v) is 8.26. The molecule has 6 heteroatoms. The molecule has 3 amide bonds. The normalized spacial score (nSPS) is 16.2. The van der Waals surface area contributed by atoms with Crippen LogP contribution in [0.2, 0.25) is 0 Å². The van der Waals surface area contributed by atoms with Crippen LogP contribution >= 0.6 is 0 Å². The van der Waals surface area contributed by atoms with Crippen molar-refractivity contribution in [3.8, 4) is 0 Å². The van der Waals surface area contributed by atoms with Crippen molar-refractivity contribution in [1.29, 1.82) is 0 Å². The van der Waals surface area contributed by atoms with Gasteiger partial charge in [-0.25, -0.2) is 0 Å². The lowest BCUT2D eigenvalue weighted by molar-refractivity contribution is -0.117. The third kappa shape index (κ3) is 3.97. The third-order valence-electron chi connectivity index (χ3n) is 4.13. The van der Waals surface area contributed by atoms with E-state index in [2.05, 4.69) is 17.2 Å². The maximum absolute atomic E-state index is 12.4. The molecule has 132 valence electrons. The molecule has 26 heavy (non-hydrogen) atoms. The van der Waals surface area contributed by atoms with Gasteiger partial charge in [0.1, 0.15) is 0 Å². The van der Waals surface area contributed by atoms with E-state index in [1.165, 1.54) is 6.08 Å². The quantitative estimate of drug-likeness (QED) is 0.814. The first-order valence-electron chi connectivity index (χ1n) is 8.26. The number of hydrogen-bond acceptors (Lipinski definition) is 3. The summed E-state index contributed by atoms with van der Waals surface area (Å²) in [6.07, 6.45) is 1.45. The Morgan fingerprint density at radius 2 is 1.77 bits per heavy atom. The molecule has 1 heterocycles. The summed E-state index contributed by atoms with van der Waals surface area (Å²) in [5, 5.41) is 5.51. The summed E-state index contributed by atoms with van der Waals surface area (Å²) in [6, 6.07) is 15.7. The average Bonchev–Trinajstić information content (AvgIpc) is 3.03. The van der Waals surface area contributed by atoms with Crippen molar-refractivity contribution in [1.82, 2.24) is 5.32 Å². The Hall–Kier alpha value is -3.41. The lowest BCUT2D eigenvalue weighted by Gasteiger charge is -2.17. The van der Waals surface area contributed by atoms with Crippen molar-refractivity contribution in [3.05, 3.63) is 72.8 Å². The first kappa shape index (κ1) is 17.4. The molecule has 2 aromatic rings. The number of hydrogen-bond donors (Lipinski definition) is 2. The smallest absolute Gasteiger partial charge is 0.251 e. The number of carbonyl (C=O) groups is 3. The number of benzene rings is 2. The van der Waals surface area contributed by atoms with Crippen molar-refractivity contribution in [2.75, 3.05) is 16.8 Å². The highest BCUT2D eigenvalue weighted by Gasteiger charge is 2.31. The molecule has 0 aromatic heterocycles. The minimum atomic E-state index is -0.312. The van der Waals surface area contributed by atoms with Gasteiger partial charge in [-0.2, -0.15) is 0 Å². The van der Waals surface area contributed by atoms with Crippen molar-refractivity contribution in [2.45, 2.75) is 12.5 Å². The minimum absolute atomic E-state index is 0.0102. The van der Waals surface area contributed by atoms with Crippen LogP contribution in [0.4, 0.5) is 11.4 Å². The molecule has 0 saturated carbocycles. The van der Waals surface area contributed by atoms with E-state index < -0.39 is 0 Å². The van der Waals surface area contributed by atoms with Gasteiger partial charge in [-0.3, -0.25) is 14.4 Å². The van der Waals surface area contributed by atoms with Crippen LogP contribution in [-0.4, -0.2) is 30.3 Å². The first-order chi connectivity index (χ1) is 12.6. The van der Waals surface area contributed by atoms with Gasteiger partial charge in [0.05, 0.1) is 6.04 Å². The molecule has 2 N–H and O–H groups in total. The largest absolute Gasteiger partial charge is 0.347 e. The Kier molecular flexibility index (Phi) is 5.12. The fraction of sp³-hybridized carbons (Fsp3) is 0.150. The number of para-hydroxylation sites is 1. The summed E-state index contributed by atoms with van der Waals surface area (Å²) in [6.45, 7) is 3.83. The summed E-state index contributed by atoms with van der Waals surface area (Å²) >= 11 is 0. The molecule has 3 rings (SSSR count). The van der Waals surface area contributed by atoms with Crippen molar-refractivity contribution in [3.63, 3.8) is 0 Å². The molecule has 1 aliphatic heterocycles. The topological polar surface area (TPSA) is 78.5 Å². The Labute approximate surface area is 151 Å². The average molecular weight is 349 g/mol. The maximum Gasteiger partial charge on any atom is 0.251 e. The number of carbonyl (C=O) groups excluding carboxylic acids is 3. The molecule has 1 fully saturated rings. The maximum atomic E-state index is 12.4. The van der Waals surface area contributed by atoms with Gasteiger partial charge >= 0.3 is 0 Å². The van der Waals surface area contributed by atoms with Crippen LogP contribution in [0.5, 0.6) is 0 Å². The second-order valence-electron chi connectivity index (χ2n) is 5.99. The van der Waals surface area contributed by atoms with E-state index in [1.807, 2.05) is 30.3 Å². The molecule has 1 saturated heterocycles. The van der Waals surface area contributed by atoms with Gasteiger partial charge in [0, 0.05) is 29.9 Å². The van der Waals surface area contributed by atoms with Crippen LogP contribution in [0.15, 0.2) is 67.3 Å². The summed E-state index contributed by atoms with van der Waals surface area (Å²) in [5.74, 6) is -0.573. The fourth-order valence-corrected chi connectivity index (χ4v) is 2.83. The van der Waals surface area contributed by atoms with E-state index in [0.29, 0.717) is 17.8 Å². The summed E-state index contributed by atoms with van der Waals surface area (Å²) in [5.41, 5.74) is 1.88. The van der Waals surface area contributed by atoms with Crippen molar-refractivity contribution >= 4 is 29.1 Å². The van der Waals surface area contributed by atoms with E-state index in [0.717, 1.165) is 5.69 Å². The Balaban J connectivity index is 1.61. The van der Waals surface area contributed by atoms with E-state index in [4.69, 9.17) is 0 Å². The van der Waals surface area contributed by atoms with Crippen LogP contribution in [0, 0.1) is 0 Å². The summed E-state index contributed by atoms with van der Waals surface area (Å²) in [4.78, 5) is 37.5. The molecule has 1 aliphatic rings. The third-order valence-corrected chi connectivity index (χ3v) is 4.13. The standard InChI is InChI=1S/C20H19N3O3/c1-2-18(24)21-15-10-8-14(9-11-15)20(26)22-16-12-19(25)23(13-16)17-6-4-3-5-7-17/h2-11,16H,1,12-13H2,(H,21,24)(H,22,26). The number of amides is 3. The lowest BCUT2D eigenvalue weighted by atomic mass is 10.1. The highest BCUT2D eigenvalue weighted by Crippen LogP contribution is 2.21. The van der Waals surface area contributed by atoms with Gasteiger partial charge in [-0.1, -0.05) is 24.8 Å². The zero-order valence-corrected chi connectivity index (χ0v) is 14.1. The van der Waals surface area contributed by atoms with Gasteiger partial charge < -0.3 is 15.5 Å². The van der Waals surface area contributed by atoms with Crippen LogP contribution in [-0.2, 0) is 9.59 Å². The van der Waals surface area contributed by atoms with E-state index in [1.54, 1.807) is 29.2 Å². The van der Waals surface area contributed by atoms with E-state index >= 15 is 0 Å².